The van der Waals surface area contributed by atoms with Gasteiger partial charge in [-0.25, -0.2) is 4.98 Å². The molecule has 7 rings (SSSR count). The number of aromatic nitrogens is 2. The molecule has 1 aromatic heterocycles. The van der Waals surface area contributed by atoms with Crippen LogP contribution in [-0.4, -0.2) is 22.5 Å². The van der Waals surface area contributed by atoms with Gasteiger partial charge in [0.15, 0.2) is 0 Å². The molecule has 5 nitrogen and oxygen atoms in total. The van der Waals surface area contributed by atoms with Crippen molar-refractivity contribution in [3.05, 3.63) is 64.6 Å². The van der Waals surface area contributed by atoms with E-state index in [1.807, 2.05) is 25.1 Å². The van der Waals surface area contributed by atoms with Gasteiger partial charge >= 0.3 is 5.97 Å². The molecule has 0 aliphatic heterocycles. The molecule has 0 unspecified atom stereocenters. The Morgan fingerprint density at radius 2 is 1.68 bits per heavy atom. The lowest BCUT2D eigenvalue weighted by molar-refractivity contribution is -0.184. The highest BCUT2D eigenvalue weighted by molar-refractivity contribution is 5.79. The van der Waals surface area contributed by atoms with Gasteiger partial charge < -0.3 is 9.47 Å². The van der Waals surface area contributed by atoms with Crippen molar-refractivity contribution in [1.29, 1.82) is 0 Å². The molecule has 0 N–H and O–H groups in total. The average Bonchev–Trinajstić information content (AvgIpc) is 3.03. The number of nitrogens with zero attached hydrogens (tertiary/aromatic N) is 2. The molecule has 0 amide bonds. The first-order valence-corrected chi connectivity index (χ1v) is 18.7. The number of rotatable bonds is 5. The fourth-order valence-electron chi connectivity index (χ4n) is 12.6. The van der Waals surface area contributed by atoms with E-state index in [0.29, 0.717) is 36.9 Å². The maximum atomic E-state index is 14.4. The van der Waals surface area contributed by atoms with E-state index in [2.05, 4.69) is 73.6 Å². The van der Waals surface area contributed by atoms with Gasteiger partial charge in [0.2, 0.25) is 5.88 Å². The molecular weight excluding hydrogens is 580 g/mol. The summed E-state index contributed by atoms with van der Waals surface area (Å²) in [4.78, 5) is 24.3. The predicted molar refractivity (Wildman–Crippen MR) is 187 cm³/mol. The van der Waals surface area contributed by atoms with E-state index in [1.54, 1.807) is 5.57 Å². The van der Waals surface area contributed by atoms with Crippen LogP contribution in [0.2, 0.25) is 0 Å². The summed E-state index contributed by atoms with van der Waals surface area (Å²) in [5.41, 5.74) is 4.87. The molecule has 5 aliphatic rings. The fourth-order valence-corrected chi connectivity index (χ4v) is 12.6. The highest BCUT2D eigenvalue weighted by Crippen LogP contribution is 2.75. The van der Waals surface area contributed by atoms with Gasteiger partial charge in [-0.05, 0) is 117 Å². The molecule has 2 aromatic rings. The molecule has 0 saturated heterocycles. The Bertz CT molecular complexity index is 1580. The van der Waals surface area contributed by atoms with E-state index in [0.717, 1.165) is 55.8 Å². The van der Waals surface area contributed by atoms with Crippen LogP contribution < -0.4 is 4.74 Å². The molecule has 3 fully saturated rings. The Morgan fingerprint density at radius 3 is 2.40 bits per heavy atom. The molecule has 3 saturated carbocycles. The third kappa shape index (κ3) is 4.56. The summed E-state index contributed by atoms with van der Waals surface area (Å²) in [7, 11) is 0. The number of esters is 1. The number of hydrogen-bond acceptors (Lipinski definition) is 5. The van der Waals surface area contributed by atoms with Gasteiger partial charge in [0.1, 0.15) is 12.4 Å². The van der Waals surface area contributed by atoms with Crippen molar-refractivity contribution >= 4 is 5.97 Å². The normalized spacial score (nSPS) is 40.0. The van der Waals surface area contributed by atoms with Crippen LogP contribution in [0.25, 0.3) is 0 Å². The van der Waals surface area contributed by atoms with Gasteiger partial charge in [-0.1, -0.05) is 90.4 Å². The predicted octanol–water partition coefficient (Wildman–Crippen LogP) is 9.60. The minimum Gasteiger partial charge on any atom is -0.478 e. The van der Waals surface area contributed by atoms with Crippen LogP contribution >= 0.6 is 0 Å². The summed E-state index contributed by atoms with van der Waals surface area (Å²) in [6, 6.07) is 10.2. The first kappa shape index (κ1) is 32.8. The lowest BCUT2D eigenvalue weighted by Crippen LogP contribution is -2.65. The SMILES string of the molecule is CCOc1nc(C)nc2c1C[C@]1(C)[C@H]3CC=C4[C@@H]5[C@@H](C)[C@H](C)CC[C@]5(C(=O)OCc5ccccc5)CC[C@@]4(C)[C@]3(C)CC[C@H]1C2(C)C. The van der Waals surface area contributed by atoms with Crippen molar-refractivity contribution in [1.82, 2.24) is 9.97 Å². The third-order valence-electron chi connectivity index (χ3n) is 15.3. The van der Waals surface area contributed by atoms with Gasteiger partial charge in [0, 0.05) is 11.0 Å². The largest absolute Gasteiger partial charge is 0.478 e. The van der Waals surface area contributed by atoms with Gasteiger partial charge in [0.05, 0.1) is 17.7 Å². The van der Waals surface area contributed by atoms with E-state index in [1.165, 1.54) is 24.1 Å². The number of carbonyl (C=O) groups is 1. The number of allylic oxidation sites excluding steroid dienone is 2. The fraction of sp³-hybridized carbons (Fsp3) is 0.690. The highest BCUT2D eigenvalue weighted by Gasteiger charge is 2.69. The smallest absolute Gasteiger partial charge is 0.313 e. The van der Waals surface area contributed by atoms with Crippen molar-refractivity contribution in [2.45, 2.75) is 126 Å². The minimum absolute atomic E-state index is 0.0417. The Kier molecular flexibility index (Phi) is 7.80. The molecule has 1 aromatic carbocycles. The summed E-state index contributed by atoms with van der Waals surface area (Å²) >= 11 is 0. The van der Waals surface area contributed by atoms with Gasteiger partial charge in [0.25, 0.3) is 0 Å². The number of hydrogen-bond donors (Lipinski definition) is 0. The van der Waals surface area contributed by atoms with Crippen molar-refractivity contribution in [3.63, 3.8) is 0 Å². The van der Waals surface area contributed by atoms with Gasteiger partial charge in [-0.3, -0.25) is 4.79 Å². The van der Waals surface area contributed by atoms with Crippen LogP contribution in [-0.2, 0) is 28.0 Å². The molecule has 5 heteroatoms. The number of benzene rings is 1. The Labute approximate surface area is 283 Å². The van der Waals surface area contributed by atoms with Crippen LogP contribution in [0, 0.1) is 58.2 Å². The lowest BCUT2D eigenvalue weighted by atomic mass is 9.33. The van der Waals surface area contributed by atoms with E-state index in [-0.39, 0.29) is 33.5 Å². The topological polar surface area (TPSA) is 61.3 Å². The quantitative estimate of drug-likeness (QED) is 0.241. The van der Waals surface area contributed by atoms with Crippen LogP contribution in [0.15, 0.2) is 42.0 Å². The molecule has 1 heterocycles. The zero-order valence-electron chi connectivity index (χ0n) is 30.5. The zero-order chi connectivity index (χ0) is 33.6. The lowest BCUT2D eigenvalue weighted by Gasteiger charge is -2.70. The van der Waals surface area contributed by atoms with Gasteiger partial charge in [-0.2, -0.15) is 4.98 Å². The summed E-state index contributed by atoms with van der Waals surface area (Å²) in [5, 5.41) is 0. The molecule has 0 radical (unpaired) electrons. The Balaban J connectivity index is 1.29. The standard InChI is InChI=1S/C42H58N2O3/c1-10-46-36-30-24-39(7)32(38(5,6)35(30)43-28(4)44-36)19-20-41(9)33(39)17-16-31-34-27(3)26(2)18-21-42(34,23-22-40(31,41)8)37(45)47-25-29-14-12-11-13-15-29/h11-16,26-27,32-34H,10,17-25H2,1-9H3/t26-,27+,32+,33-,34+,39+,40-,41-,42+/m1/s1. The number of aryl methyl sites for hydroxylation is 1. The number of ether oxygens (including phenoxy) is 2. The van der Waals surface area contributed by atoms with Gasteiger partial charge in [-0.15, -0.1) is 0 Å². The maximum absolute atomic E-state index is 14.4. The monoisotopic (exact) mass is 638 g/mol. The van der Waals surface area contributed by atoms with Crippen molar-refractivity contribution in [3.8, 4) is 5.88 Å². The first-order chi connectivity index (χ1) is 22.2. The first-order valence-electron chi connectivity index (χ1n) is 18.7. The molecule has 5 aliphatic carbocycles. The minimum atomic E-state index is -0.427. The van der Waals surface area contributed by atoms with E-state index in [9.17, 15) is 4.79 Å². The van der Waals surface area contributed by atoms with E-state index < -0.39 is 5.41 Å². The molecule has 9 atom stereocenters. The van der Waals surface area contributed by atoms with E-state index >= 15 is 0 Å². The van der Waals surface area contributed by atoms with Crippen molar-refractivity contribution in [2.24, 2.45) is 51.2 Å². The Morgan fingerprint density at radius 1 is 0.936 bits per heavy atom. The average molecular weight is 639 g/mol. The van der Waals surface area contributed by atoms with Crippen LogP contribution in [0.4, 0.5) is 0 Å². The summed E-state index contributed by atoms with van der Waals surface area (Å²) in [5.74, 6) is 3.99. The van der Waals surface area contributed by atoms with Crippen LogP contribution in [0.3, 0.4) is 0 Å². The molecule has 0 spiro atoms. The van der Waals surface area contributed by atoms with Crippen molar-refractivity contribution < 1.29 is 14.3 Å². The summed E-state index contributed by atoms with van der Waals surface area (Å²) < 4.78 is 12.5. The molecule has 254 valence electrons. The number of carbonyl (C=O) groups excluding carboxylic acids is 1. The van der Waals surface area contributed by atoms with Crippen molar-refractivity contribution in [2.75, 3.05) is 6.61 Å². The summed E-state index contributed by atoms with van der Waals surface area (Å²) in [6.45, 7) is 22.6. The second-order valence-corrected chi connectivity index (χ2v) is 17.6. The molecule has 47 heavy (non-hydrogen) atoms. The maximum Gasteiger partial charge on any atom is 0.313 e. The second kappa shape index (κ2) is 11.2. The Hall–Kier alpha value is -2.69. The summed E-state index contributed by atoms with van der Waals surface area (Å²) in [6.07, 6.45) is 11.1. The molecule has 0 bridgehead atoms. The third-order valence-corrected chi connectivity index (χ3v) is 15.3. The number of fused-ring (bicyclic) bond motifs is 8. The highest BCUT2D eigenvalue weighted by atomic mass is 16.5. The molecular formula is C42H58N2O3. The zero-order valence-corrected chi connectivity index (χ0v) is 30.5. The van der Waals surface area contributed by atoms with Crippen LogP contribution in [0.1, 0.15) is 123 Å². The second-order valence-electron chi connectivity index (χ2n) is 17.6. The van der Waals surface area contributed by atoms with Crippen LogP contribution in [0.5, 0.6) is 5.88 Å². The van der Waals surface area contributed by atoms with E-state index in [4.69, 9.17) is 19.4 Å².